The van der Waals surface area contributed by atoms with Crippen LogP contribution in [0.5, 0.6) is 17.2 Å². The average Bonchev–Trinajstić information content (AvgIpc) is 2.89. The second-order valence-corrected chi connectivity index (χ2v) is 9.42. The average molecular weight is 544 g/mol. The van der Waals surface area contributed by atoms with Crippen LogP contribution in [0, 0.1) is 0 Å². The molecule has 1 aromatic heterocycles. The van der Waals surface area contributed by atoms with Gasteiger partial charge in [0.1, 0.15) is 41.1 Å². The third kappa shape index (κ3) is 8.01. The number of hydrogen-bond donors (Lipinski definition) is 4. The maximum atomic E-state index is 12.4. The highest BCUT2D eigenvalue weighted by Crippen LogP contribution is 2.29. The zero-order valence-corrected chi connectivity index (χ0v) is 22.7. The van der Waals surface area contributed by atoms with E-state index in [1.807, 2.05) is 13.0 Å². The fourth-order valence-electron chi connectivity index (χ4n) is 3.77. The molecule has 0 saturated heterocycles. The van der Waals surface area contributed by atoms with Crippen LogP contribution in [0.2, 0.25) is 0 Å². The van der Waals surface area contributed by atoms with E-state index in [-0.39, 0.29) is 46.4 Å². The number of para-hydroxylation sites is 1. The number of ether oxygens (including phenoxy) is 1. The van der Waals surface area contributed by atoms with Crippen LogP contribution in [0.3, 0.4) is 0 Å². The SMILES string of the molecule is CC(C)=CCC/C(C)=C/COC(=O)c1ccccc1N.O=c1c(-c2ccc(O)cc2)coc2cc(O)cc(O)c12. The summed E-state index contributed by atoms with van der Waals surface area (Å²) in [5.74, 6) is -0.812. The first-order valence-corrected chi connectivity index (χ1v) is 12.6. The molecular weight excluding hydrogens is 510 g/mol. The molecule has 0 aliphatic carbocycles. The summed E-state index contributed by atoms with van der Waals surface area (Å²) < 4.78 is 10.5. The highest BCUT2D eigenvalue weighted by atomic mass is 16.5. The van der Waals surface area contributed by atoms with Gasteiger partial charge in [0, 0.05) is 17.8 Å². The van der Waals surface area contributed by atoms with Crippen molar-refractivity contribution in [2.45, 2.75) is 33.6 Å². The number of phenolic OH excluding ortho intramolecular Hbond substituents is 3. The van der Waals surface area contributed by atoms with Gasteiger partial charge in [-0.15, -0.1) is 0 Å². The molecule has 0 spiro atoms. The van der Waals surface area contributed by atoms with Crippen molar-refractivity contribution in [3.05, 3.63) is 106 Å². The van der Waals surface area contributed by atoms with Crippen LogP contribution in [0.15, 0.2) is 99.4 Å². The van der Waals surface area contributed by atoms with Crippen molar-refractivity contribution < 1.29 is 29.3 Å². The largest absolute Gasteiger partial charge is 0.508 e. The highest BCUT2D eigenvalue weighted by Gasteiger charge is 2.14. The van der Waals surface area contributed by atoms with E-state index in [2.05, 4.69) is 19.9 Å². The molecule has 40 heavy (non-hydrogen) atoms. The minimum absolute atomic E-state index is 0.00775. The third-order valence-electron chi connectivity index (χ3n) is 5.94. The van der Waals surface area contributed by atoms with E-state index in [0.717, 1.165) is 18.9 Å². The van der Waals surface area contributed by atoms with Gasteiger partial charge in [-0.05, 0) is 69.5 Å². The molecule has 0 aliphatic rings. The highest BCUT2D eigenvalue weighted by molar-refractivity contribution is 5.95. The number of allylic oxidation sites excluding steroid dienone is 3. The number of benzene rings is 3. The topological polar surface area (TPSA) is 143 Å². The number of esters is 1. The van der Waals surface area contributed by atoms with Crippen LogP contribution >= 0.6 is 0 Å². The Morgan fingerprint density at radius 1 is 0.950 bits per heavy atom. The molecule has 0 radical (unpaired) electrons. The van der Waals surface area contributed by atoms with Crippen LogP contribution in [0.25, 0.3) is 22.1 Å². The molecule has 0 amide bonds. The number of fused-ring (bicyclic) bond motifs is 1. The molecule has 1 heterocycles. The standard InChI is InChI=1S/C17H23NO2.C15H10O5/c1-13(2)7-6-8-14(3)11-12-20-17(19)15-9-4-5-10-16(15)18;16-9-3-1-8(2-4-9)11-7-20-13-6-10(17)5-12(18)14(13)15(11)19/h4-5,7,9-11H,6,8,12,18H2,1-3H3;1-7,16-18H/b14-11+;. The molecule has 5 N–H and O–H groups in total. The van der Waals surface area contributed by atoms with Crippen molar-refractivity contribution in [2.24, 2.45) is 0 Å². The van der Waals surface area contributed by atoms with Gasteiger partial charge in [-0.1, -0.05) is 41.5 Å². The minimum Gasteiger partial charge on any atom is -0.508 e. The molecule has 8 heteroatoms. The van der Waals surface area contributed by atoms with Crippen LogP contribution in [-0.4, -0.2) is 27.9 Å². The van der Waals surface area contributed by atoms with Gasteiger partial charge < -0.3 is 30.2 Å². The van der Waals surface area contributed by atoms with E-state index in [0.29, 0.717) is 16.8 Å². The predicted octanol–water partition coefficient (Wildman–Crippen LogP) is 6.70. The normalized spacial score (nSPS) is 10.9. The molecule has 0 atom stereocenters. The summed E-state index contributed by atoms with van der Waals surface area (Å²) in [6.45, 7) is 6.51. The van der Waals surface area contributed by atoms with E-state index < -0.39 is 5.43 Å². The lowest BCUT2D eigenvalue weighted by Crippen LogP contribution is -2.08. The number of carbonyl (C=O) groups excluding carboxylic acids is 1. The Morgan fingerprint density at radius 2 is 1.65 bits per heavy atom. The Kier molecular flexibility index (Phi) is 10.1. The Labute approximate surface area is 232 Å². The number of phenols is 3. The van der Waals surface area contributed by atoms with Gasteiger partial charge in [-0.3, -0.25) is 4.79 Å². The first-order chi connectivity index (χ1) is 19.1. The Balaban J connectivity index is 0.000000220. The van der Waals surface area contributed by atoms with Gasteiger partial charge in [-0.25, -0.2) is 4.79 Å². The molecule has 3 aromatic carbocycles. The lowest BCUT2D eigenvalue weighted by molar-refractivity contribution is 0.0550. The van der Waals surface area contributed by atoms with Crippen LogP contribution in [0.1, 0.15) is 44.0 Å². The zero-order valence-electron chi connectivity index (χ0n) is 22.7. The van der Waals surface area contributed by atoms with E-state index in [1.165, 1.54) is 35.6 Å². The van der Waals surface area contributed by atoms with Crippen molar-refractivity contribution in [3.8, 4) is 28.4 Å². The first-order valence-electron chi connectivity index (χ1n) is 12.6. The number of hydrogen-bond acceptors (Lipinski definition) is 8. The minimum atomic E-state index is -0.408. The maximum Gasteiger partial charge on any atom is 0.340 e. The molecule has 0 unspecified atom stereocenters. The third-order valence-corrected chi connectivity index (χ3v) is 5.94. The summed E-state index contributed by atoms with van der Waals surface area (Å²) in [4.78, 5) is 24.2. The number of nitrogens with two attached hydrogens (primary N) is 1. The molecule has 0 aliphatic heterocycles. The summed E-state index contributed by atoms with van der Waals surface area (Å²) in [7, 11) is 0. The zero-order chi connectivity index (χ0) is 29.2. The lowest BCUT2D eigenvalue weighted by atomic mass is 10.0. The first kappa shape index (κ1) is 29.6. The van der Waals surface area contributed by atoms with Crippen LogP contribution in [0.4, 0.5) is 5.69 Å². The fraction of sp³-hybridized carbons (Fsp3) is 0.188. The Hall–Kier alpha value is -4.98. The maximum absolute atomic E-state index is 12.4. The Morgan fingerprint density at radius 3 is 2.33 bits per heavy atom. The molecule has 0 fully saturated rings. The summed E-state index contributed by atoms with van der Waals surface area (Å²) in [6.07, 6.45) is 7.40. The number of nitrogen functional groups attached to an aromatic ring is 1. The number of anilines is 1. The number of aromatic hydroxyl groups is 3. The number of carbonyl (C=O) groups is 1. The molecule has 4 rings (SSSR count). The van der Waals surface area contributed by atoms with Crippen LogP contribution < -0.4 is 11.2 Å². The molecule has 4 aromatic rings. The summed E-state index contributed by atoms with van der Waals surface area (Å²) in [6, 6.07) is 15.3. The molecule has 8 nitrogen and oxygen atoms in total. The van der Waals surface area contributed by atoms with E-state index in [9.17, 15) is 24.9 Å². The van der Waals surface area contributed by atoms with Crippen molar-refractivity contribution in [1.29, 1.82) is 0 Å². The molecule has 0 saturated carbocycles. The van der Waals surface area contributed by atoms with E-state index in [1.54, 1.807) is 36.4 Å². The van der Waals surface area contributed by atoms with Crippen molar-refractivity contribution >= 4 is 22.6 Å². The molecule has 0 bridgehead atoms. The van der Waals surface area contributed by atoms with Gasteiger partial charge in [-0.2, -0.15) is 0 Å². The van der Waals surface area contributed by atoms with E-state index >= 15 is 0 Å². The molecular formula is C32H33NO7. The summed E-state index contributed by atoms with van der Waals surface area (Å²) in [5.41, 5.74) is 9.65. The second kappa shape index (κ2) is 13.7. The van der Waals surface area contributed by atoms with Gasteiger partial charge >= 0.3 is 5.97 Å². The van der Waals surface area contributed by atoms with Gasteiger partial charge in [0.05, 0.1) is 11.1 Å². The second-order valence-electron chi connectivity index (χ2n) is 9.42. The Bertz CT molecular complexity index is 1590. The molecule has 208 valence electrons. The smallest absolute Gasteiger partial charge is 0.340 e. The van der Waals surface area contributed by atoms with Crippen LogP contribution in [-0.2, 0) is 4.74 Å². The number of rotatable bonds is 7. The quantitative estimate of drug-likeness (QED) is 0.115. The van der Waals surface area contributed by atoms with E-state index in [4.69, 9.17) is 14.9 Å². The monoisotopic (exact) mass is 543 g/mol. The fourth-order valence-corrected chi connectivity index (χ4v) is 3.77. The van der Waals surface area contributed by atoms with Gasteiger partial charge in [0.15, 0.2) is 0 Å². The van der Waals surface area contributed by atoms with Gasteiger partial charge in [0.2, 0.25) is 5.43 Å². The summed E-state index contributed by atoms with van der Waals surface area (Å²) >= 11 is 0. The van der Waals surface area contributed by atoms with Crippen molar-refractivity contribution in [1.82, 2.24) is 0 Å². The summed E-state index contributed by atoms with van der Waals surface area (Å²) in [5, 5.41) is 28.4. The van der Waals surface area contributed by atoms with Gasteiger partial charge in [0.25, 0.3) is 0 Å². The van der Waals surface area contributed by atoms with Crippen molar-refractivity contribution in [2.75, 3.05) is 12.3 Å². The predicted molar refractivity (Wildman–Crippen MR) is 156 cm³/mol. The van der Waals surface area contributed by atoms with Crippen molar-refractivity contribution in [3.63, 3.8) is 0 Å². The lowest BCUT2D eigenvalue weighted by Gasteiger charge is -2.05.